The standard InChI is InChI=1S/C9H9Cl2N5/c1-5-2-3-6(10)9(8(5)11)16-7(4-12)13-14-15-16/h2-3H,4,12H2,1H3. The molecule has 1 aromatic carbocycles. The van der Waals surface area contributed by atoms with Crippen molar-refractivity contribution in [1.29, 1.82) is 0 Å². The van der Waals surface area contributed by atoms with Gasteiger partial charge in [0.05, 0.1) is 16.6 Å². The molecule has 0 amide bonds. The zero-order chi connectivity index (χ0) is 11.7. The van der Waals surface area contributed by atoms with Crippen LogP contribution in [0.1, 0.15) is 11.4 Å². The fourth-order valence-electron chi connectivity index (χ4n) is 1.34. The minimum absolute atomic E-state index is 0.216. The monoisotopic (exact) mass is 257 g/mol. The molecule has 0 bridgehead atoms. The van der Waals surface area contributed by atoms with Crippen LogP contribution in [0.15, 0.2) is 12.1 Å². The molecule has 84 valence electrons. The summed E-state index contributed by atoms with van der Waals surface area (Å²) in [5.41, 5.74) is 6.99. The normalized spacial score (nSPS) is 10.8. The minimum Gasteiger partial charge on any atom is -0.324 e. The van der Waals surface area contributed by atoms with E-state index in [1.54, 1.807) is 6.07 Å². The third kappa shape index (κ3) is 1.77. The molecule has 2 aromatic rings. The van der Waals surface area contributed by atoms with E-state index in [1.807, 2.05) is 13.0 Å². The lowest BCUT2D eigenvalue weighted by Gasteiger charge is -2.09. The summed E-state index contributed by atoms with van der Waals surface area (Å²) in [6.07, 6.45) is 0. The fraction of sp³-hybridized carbons (Fsp3) is 0.222. The molecule has 2 rings (SSSR count). The first-order valence-corrected chi connectivity index (χ1v) is 5.33. The third-order valence-electron chi connectivity index (χ3n) is 2.19. The number of benzene rings is 1. The number of halogens is 2. The maximum Gasteiger partial charge on any atom is 0.170 e. The third-order valence-corrected chi connectivity index (χ3v) is 2.97. The molecule has 16 heavy (non-hydrogen) atoms. The second-order valence-corrected chi connectivity index (χ2v) is 4.02. The summed E-state index contributed by atoms with van der Waals surface area (Å²) in [6, 6.07) is 3.58. The van der Waals surface area contributed by atoms with Crippen LogP contribution in [0.25, 0.3) is 5.69 Å². The van der Waals surface area contributed by atoms with E-state index in [0.717, 1.165) is 5.56 Å². The maximum absolute atomic E-state index is 6.18. The highest BCUT2D eigenvalue weighted by Crippen LogP contribution is 2.30. The van der Waals surface area contributed by atoms with Gasteiger partial charge in [-0.05, 0) is 29.0 Å². The molecular weight excluding hydrogens is 249 g/mol. The largest absolute Gasteiger partial charge is 0.324 e. The van der Waals surface area contributed by atoms with Crippen LogP contribution in [0.3, 0.4) is 0 Å². The molecule has 0 aliphatic heterocycles. The number of aromatic nitrogens is 4. The Morgan fingerprint density at radius 1 is 1.38 bits per heavy atom. The summed E-state index contributed by atoms with van der Waals surface area (Å²) in [7, 11) is 0. The average molecular weight is 258 g/mol. The highest BCUT2D eigenvalue weighted by atomic mass is 35.5. The number of nitrogens with zero attached hydrogens (tertiary/aromatic N) is 4. The summed E-state index contributed by atoms with van der Waals surface area (Å²) < 4.78 is 1.46. The van der Waals surface area contributed by atoms with Crippen molar-refractivity contribution >= 4 is 23.2 Å². The van der Waals surface area contributed by atoms with Gasteiger partial charge in [-0.15, -0.1) is 5.10 Å². The van der Waals surface area contributed by atoms with Crippen molar-refractivity contribution in [2.24, 2.45) is 5.73 Å². The van der Waals surface area contributed by atoms with Crippen LogP contribution >= 0.6 is 23.2 Å². The van der Waals surface area contributed by atoms with Crippen molar-refractivity contribution in [2.45, 2.75) is 13.5 Å². The van der Waals surface area contributed by atoms with Crippen molar-refractivity contribution in [2.75, 3.05) is 0 Å². The van der Waals surface area contributed by atoms with E-state index in [0.29, 0.717) is 21.6 Å². The molecule has 0 saturated heterocycles. The van der Waals surface area contributed by atoms with Gasteiger partial charge in [-0.1, -0.05) is 29.3 Å². The van der Waals surface area contributed by atoms with Gasteiger partial charge in [0.25, 0.3) is 0 Å². The number of hydrogen-bond acceptors (Lipinski definition) is 4. The molecule has 0 unspecified atom stereocenters. The molecule has 2 N–H and O–H groups in total. The van der Waals surface area contributed by atoms with E-state index in [-0.39, 0.29) is 6.54 Å². The van der Waals surface area contributed by atoms with E-state index < -0.39 is 0 Å². The van der Waals surface area contributed by atoms with Crippen molar-refractivity contribution in [3.63, 3.8) is 0 Å². The molecule has 0 radical (unpaired) electrons. The Hall–Kier alpha value is -1.17. The maximum atomic E-state index is 6.18. The molecule has 0 aliphatic rings. The van der Waals surface area contributed by atoms with Crippen LogP contribution in [0, 0.1) is 6.92 Å². The highest BCUT2D eigenvalue weighted by Gasteiger charge is 2.15. The van der Waals surface area contributed by atoms with Gasteiger partial charge in [0, 0.05) is 0 Å². The Labute approximate surface area is 102 Å². The number of aryl methyl sites for hydroxylation is 1. The van der Waals surface area contributed by atoms with Crippen LogP contribution in [0.4, 0.5) is 0 Å². The molecule has 7 heteroatoms. The topological polar surface area (TPSA) is 69.6 Å². The van der Waals surface area contributed by atoms with Gasteiger partial charge in [-0.3, -0.25) is 0 Å². The van der Waals surface area contributed by atoms with Crippen LogP contribution in [-0.2, 0) is 6.54 Å². The summed E-state index contributed by atoms with van der Waals surface area (Å²) >= 11 is 12.3. The van der Waals surface area contributed by atoms with Crippen molar-refractivity contribution < 1.29 is 0 Å². The van der Waals surface area contributed by atoms with Gasteiger partial charge in [0.15, 0.2) is 5.82 Å². The minimum atomic E-state index is 0.216. The number of tetrazole rings is 1. The summed E-state index contributed by atoms with van der Waals surface area (Å²) in [4.78, 5) is 0. The Bertz CT molecular complexity index is 523. The van der Waals surface area contributed by atoms with Crippen LogP contribution in [0.5, 0.6) is 0 Å². The van der Waals surface area contributed by atoms with Crippen molar-refractivity contribution in [3.05, 3.63) is 33.6 Å². The Morgan fingerprint density at radius 3 is 2.81 bits per heavy atom. The summed E-state index contributed by atoms with van der Waals surface area (Å²) in [6.45, 7) is 2.10. The van der Waals surface area contributed by atoms with Crippen molar-refractivity contribution in [1.82, 2.24) is 20.2 Å². The molecule has 0 saturated carbocycles. The Morgan fingerprint density at radius 2 is 2.12 bits per heavy atom. The van der Waals surface area contributed by atoms with Crippen LogP contribution < -0.4 is 5.73 Å². The van der Waals surface area contributed by atoms with Gasteiger partial charge in [0.2, 0.25) is 0 Å². The smallest absolute Gasteiger partial charge is 0.170 e. The number of hydrogen-bond donors (Lipinski definition) is 1. The Kier molecular flexibility index (Phi) is 3.09. The summed E-state index contributed by atoms with van der Waals surface area (Å²) in [5.74, 6) is 0.509. The highest BCUT2D eigenvalue weighted by molar-refractivity contribution is 6.38. The van der Waals surface area contributed by atoms with E-state index >= 15 is 0 Å². The fourth-order valence-corrected chi connectivity index (χ4v) is 1.87. The second-order valence-electron chi connectivity index (χ2n) is 3.24. The van der Waals surface area contributed by atoms with Crippen LogP contribution in [0.2, 0.25) is 10.0 Å². The van der Waals surface area contributed by atoms with Gasteiger partial charge in [-0.25, -0.2) is 0 Å². The van der Waals surface area contributed by atoms with Crippen LogP contribution in [-0.4, -0.2) is 20.2 Å². The molecular formula is C9H9Cl2N5. The lowest BCUT2D eigenvalue weighted by molar-refractivity contribution is 0.761. The van der Waals surface area contributed by atoms with Crippen molar-refractivity contribution in [3.8, 4) is 5.69 Å². The predicted octanol–water partition coefficient (Wildman–Crippen LogP) is 1.74. The first kappa shape index (κ1) is 11.3. The van der Waals surface area contributed by atoms with Gasteiger partial charge in [0.1, 0.15) is 5.69 Å². The SMILES string of the molecule is Cc1ccc(Cl)c(-n2nnnc2CN)c1Cl. The van der Waals surface area contributed by atoms with E-state index in [9.17, 15) is 0 Å². The molecule has 1 heterocycles. The zero-order valence-electron chi connectivity index (χ0n) is 8.48. The lowest BCUT2D eigenvalue weighted by atomic mass is 10.2. The summed E-state index contributed by atoms with van der Waals surface area (Å²) in [5, 5.41) is 12.2. The molecule has 0 atom stereocenters. The Balaban J connectivity index is 2.68. The first-order valence-electron chi connectivity index (χ1n) is 4.57. The molecule has 0 spiro atoms. The number of rotatable bonds is 2. The first-order chi connectivity index (χ1) is 7.65. The number of nitrogens with two attached hydrogens (primary N) is 1. The van der Waals surface area contributed by atoms with E-state index in [2.05, 4.69) is 15.5 Å². The predicted molar refractivity (Wildman–Crippen MR) is 61.8 cm³/mol. The second kappa shape index (κ2) is 4.37. The molecule has 0 aliphatic carbocycles. The van der Waals surface area contributed by atoms with Gasteiger partial charge < -0.3 is 5.73 Å². The van der Waals surface area contributed by atoms with Gasteiger partial charge in [-0.2, -0.15) is 4.68 Å². The van der Waals surface area contributed by atoms with Gasteiger partial charge >= 0.3 is 0 Å². The molecule has 1 aromatic heterocycles. The van der Waals surface area contributed by atoms with E-state index in [4.69, 9.17) is 28.9 Å². The molecule has 0 fully saturated rings. The van der Waals surface area contributed by atoms with E-state index in [1.165, 1.54) is 4.68 Å². The molecule has 5 nitrogen and oxygen atoms in total. The lowest BCUT2D eigenvalue weighted by Crippen LogP contribution is -2.09. The quantitative estimate of drug-likeness (QED) is 0.890. The zero-order valence-corrected chi connectivity index (χ0v) is 10.00. The average Bonchev–Trinajstić information content (AvgIpc) is 2.72.